The zero-order chi connectivity index (χ0) is 24.8. The molecule has 1 unspecified atom stereocenters. The second-order valence-corrected chi connectivity index (χ2v) is 8.54. The Hall–Kier alpha value is -4.20. The number of pyridine rings is 1. The van der Waals surface area contributed by atoms with Crippen LogP contribution in [0.15, 0.2) is 66.9 Å². The number of anilines is 1. The molecule has 0 bridgehead atoms. The Balaban J connectivity index is 1.26. The molecule has 1 aliphatic carbocycles. The first-order valence-corrected chi connectivity index (χ1v) is 11.5. The highest BCUT2D eigenvalue weighted by molar-refractivity contribution is 5.85. The van der Waals surface area contributed by atoms with Crippen molar-refractivity contribution >= 4 is 23.7 Å². The summed E-state index contributed by atoms with van der Waals surface area (Å²) in [6.45, 7) is 2.10. The number of hydrogen-bond donors (Lipinski definition) is 3. The van der Waals surface area contributed by atoms with Crippen molar-refractivity contribution in [2.45, 2.75) is 25.7 Å². The van der Waals surface area contributed by atoms with Gasteiger partial charge in [-0.3, -0.25) is 19.9 Å². The third-order valence-electron chi connectivity index (χ3n) is 6.08. The zero-order valence-corrected chi connectivity index (χ0v) is 19.4. The van der Waals surface area contributed by atoms with Crippen LogP contribution in [0.1, 0.15) is 36.1 Å². The number of aliphatic carboxylic acids is 1. The number of rotatable bonds is 9. The van der Waals surface area contributed by atoms with Crippen LogP contribution < -0.4 is 10.6 Å². The van der Waals surface area contributed by atoms with Gasteiger partial charge < -0.3 is 15.2 Å². The Labute approximate surface area is 203 Å². The summed E-state index contributed by atoms with van der Waals surface area (Å²) in [6.07, 6.45) is 1.31. The highest BCUT2D eigenvalue weighted by Gasteiger charge is 2.29. The topological polar surface area (TPSA) is 118 Å². The maximum Gasteiger partial charge on any atom is 0.411 e. The van der Waals surface area contributed by atoms with Gasteiger partial charge in [-0.1, -0.05) is 55.5 Å². The molecule has 8 heteroatoms. The Kier molecular flexibility index (Phi) is 7.40. The van der Waals surface area contributed by atoms with Crippen LogP contribution in [-0.4, -0.2) is 41.2 Å². The van der Waals surface area contributed by atoms with E-state index in [0.29, 0.717) is 17.8 Å². The monoisotopic (exact) mass is 473 g/mol. The van der Waals surface area contributed by atoms with Gasteiger partial charge in [0.15, 0.2) is 0 Å². The molecule has 4 rings (SSSR count). The summed E-state index contributed by atoms with van der Waals surface area (Å²) in [5, 5.41) is 14.2. The molecule has 0 fully saturated rings. The summed E-state index contributed by atoms with van der Waals surface area (Å²) < 4.78 is 5.54. The minimum absolute atomic E-state index is 0.0225. The van der Waals surface area contributed by atoms with Crippen molar-refractivity contribution < 1.29 is 24.2 Å². The van der Waals surface area contributed by atoms with Gasteiger partial charge in [0.2, 0.25) is 5.91 Å². The molecule has 0 saturated heterocycles. The Morgan fingerprint density at radius 3 is 2.26 bits per heavy atom. The van der Waals surface area contributed by atoms with Crippen molar-refractivity contribution in [2.24, 2.45) is 5.92 Å². The molecule has 1 atom stereocenters. The molecule has 8 nitrogen and oxygen atoms in total. The lowest BCUT2D eigenvalue weighted by atomic mass is 9.98. The molecule has 35 heavy (non-hydrogen) atoms. The van der Waals surface area contributed by atoms with Crippen molar-refractivity contribution in [3.8, 4) is 11.1 Å². The normalized spacial score (nSPS) is 12.8. The molecule has 0 saturated carbocycles. The maximum atomic E-state index is 12.4. The zero-order valence-electron chi connectivity index (χ0n) is 19.4. The summed E-state index contributed by atoms with van der Waals surface area (Å²) in [5.41, 5.74) is 5.61. The second-order valence-electron chi connectivity index (χ2n) is 8.54. The third-order valence-corrected chi connectivity index (χ3v) is 6.08. The quantitative estimate of drug-likeness (QED) is 0.429. The highest BCUT2D eigenvalue weighted by Crippen LogP contribution is 2.44. The number of carboxylic acid groups (broad SMARTS) is 1. The summed E-state index contributed by atoms with van der Waals surface area (Å²) in [4.78, 5) is 39.5. The second kappa shape index (κ2) is 10.8. The van der Waals surface area contributed by atoms with Crippen LogP contribution in [0, 0.1) is 5.92 Å². The van der Waals surface area contributed by atoms with Gasteiger partial charge in [0.1, 0.15) is 6.61 Å². The number of aromatic nitrogens is 1. The molecule has 0 radical (unpaired) electrons. The fraction of sp³-hybridized carbons (Fsp3) is 0.259. The molecule has 0 aliphatic heterocycles. The number of carboxylic acids is 1. The summed E-state index contributed by atoms with van der Waals surface area (Å²) in [5.74, 6) is -1.67. The van der Waals surface area contributed by atoms with Gasteiger partial charge in [-0.15, -0.1) is 0 Å². The molecular weight excluding hydrogens is 446 g/mol. The molecular formula is C27H27N3O5. The van der Waals surface area contributed by atoms with E-state index in [1.165, 1.54) is 6.20 Å². The number of carbonyl (C=O) groups is 3. The molecule has 180 valence electrons. The van der Waals surface area contributed by atoms with Crippen LogP contribution in [0.3, 0.4) is 0 Å². The van der Waals surface area contributed by atoms with E-state index in [4.69, 9.17) is 9.84 Å². The number of fused-ring (bicyclic) bond motifs is 3. The molecule has 0 spiro atoms. The number of nitrogens with one attached hydrogen (secondary N) is 2. The summed E-state index contributed by atoms with van der Waals surface area (Å²) >= 11 is 0. The Morgan fingerprint density at radius 2 is 1.66 bits per heavy atom. The van der Waals surface area contributed by atoms with Gasteiger partial charge in [-0.2, -0.15) is 0 Å². The van der Waals surface area contributed by atoms with Crippen molar-refractivity contribution in [1.82, 2.24) is 10.3 Å². The SMILES string of the molecule is CC(CCNC(=O)Cc1ccc(NC(=O)OCC2c3ccccc3-c3ccccc32)cn1)C(=O)O. The average Bonchev–Trinajstić information content (AvgIpc) is 3.17. The van der Waals surface area contributed by atoms with Gasteiger partial charge in [0, 0.05) is 18.2 Å². The van der Waals surface area contributed by atoms with Gasteiger partial charge in [-0.05, 0) is 40.8 Å². The lowest BCUT2D eigenvalue weighted by Crippen LogP contribution is -2.28. The molecule has 3 aromatic rings. The number of nitrogens with zero attached hydrogens (tertiary/aromatic N) is 1. The third kappa shape index (κ3) is 5.84. The van der Waals surface area contributed by atoms with Crippen molar-refractivity contribution in [2.75, 3.05) is 18.5 Å². The Bertz CT molecular complexity index is 1180. The van der Waals surface area contributed by atoms with E-state index in [2.05, 4.69) is 39.9 Å². The van der Waals surface area contributed by atoms with E-state index in [1.807, 2.05) is 24.3 Å². The lowest BCUT2D eigenvalue weighted by molar-refractivity contribution is -0.141. The first kappa shape index (κ1) is 23.9. The van der Waals surface area contributed by atoms with Crippen LogP contribution >= 0.6 is 0 Å². The molecule has 1 aromatic heterocycles. The average molecular weight is 474 g/mol. The van der Waals surface area contributed by atoms with Crippen LogP contribution in [0.4, 0.5) is 10.5 Å². The van der Waals surface area contributed by atoms with Crippen molar-refractivity contribution in [1.29, 1.82) is 0 Å². The van der Waals surface area contributed by atoms with Gasteiger partial charge in [-0.25, -0.2) is 4.79 Å². The van der Waals surface area contributed by atoms with Gasteiger partial charge in [0.25, 0.3) is 0 Å². The molecule has 1 heterocycles. The minimum atomic E-state index is -0.889. The first-order valence-electron chi connectivity index (χ1n) is 11.5. The summed E-state index contributed by atoms with van der Waals surface area (Å²) in [7, 11) is 0. The molecule has 2 aromatic carbocycles. The fourth-order valence-electron chi connectivity index (χ4n) is 4.13. The largest absolute Gasteiger partial charge is 0.481 e. The van der Waals surface area contributed by atoms with Crippen molar-refractivity contribution in [3.05, 3.63) is 83.7 Å². The van der Waals surface area contributed by atoms with E-state index in [9.17, 15) is 14.4 Å². The highest BCUT2D eigenvalue weighted by atomic mass is 16.5. The van der Waals surface area contributed by atoms with Gasteiger partial charge in [0.05, 0.1) is 24.2 Å². The van der Waals surface area contributed by atoms with E-state index < -0.39 is 18.0 Å². The fourth-order valence-corrected chi connectivity index (χ4v) is 4.13. The van der Waals surface area contributed by atoms with Crippen LogP contribution in [0.25, 0.3) is 11.1 Å². The number of hydrogen-bond acceptors (Lipinski definition) is 5. The van der Waals surface area contributed by atoms with E-state index >= 15 is 0 Å². The molecule has 3 N–H and O–H groups in total. The van der Waals surface area contributed by atoms with Crippen LogP contribution in [-0.2, 0) is 20.7 Å². The standard InChI is InChI=1S/C27H27N3O5/c1-17(26(32)33)12-13-28-25(31)14-18-10-11-19(15-29-18)30-27(34)35-16-24-22-8-4-2-6-20(22)21-7-3-5-9-23(21)24/h2-11,15,17,24H,12-14,16H2,1H3,(H,28,31)(H,30,34)(H,32,33). The number of carbonyl (C=O) groups excluding carboxylic acids is 2. The van der Waals surface area contributed by atoms with Gasteiger partial charge >= 0.3 is 12.1 Å². The Morgan fingerprint density at radius 1 is 1.00 bits per heavy atom. The number of amides is 2. The van der Waals surface area contributed by atoms with Crippen LogP contribution in [0.2, 0.25) is 0 Å². The summed E-state index contributed by atoms with van der Waals surface area (Å²) in [6, 6.07) is 19.6. The van der Waals surface area contributed by atoms with Crippen molar-refractivity contribution in [3.63, 3.8) is 0 Å². The van der Waals surface area contributed by atoms with E-state index in [-0.39, 0.29) is 31.4 Å². The predicted molar refractivity (Wildman–Crippen MR) is 131 cm³/mol. The lowest BCUT2D eigenvalue weighted by Gasteiger charge is -2.14. The van der Waals surface area contributed by atoms with E-state index in [1.54, 1.807) is 19.1 Å². The van der Waals surface area contributed by atoms with Crippen LogP contribution in [0.5, 0.6) is 0 Å². The number of benzene rings is 2. The van der Waals surface area contributed by atoms with E-state index in [0.717, 1.165) is 22.3 Å². The molecule has 1 aliphatic rings. The molecule has 2 amide bonds. The first-order chi connectivity index (χ1) is 16.9. The number of ether oxygens (including phenoxy) is 1. The minimum Gasteiger partial charge on any atom is -0.481 e. The smallest absolute Gasteiger partial charge is 0.411 e. The maximum absolute atomic E-state index is 12.4. The predicted octanol–water partition coefficient (Wildman–Crippen LogP) is 4.21.